The second-order valence-electron chi connectivity index (χ2n) is 6.03. The number of nitrogens with one attached hydrogen (secondary N) is 1. The van der Waals surface area contributed by atoms with Crippen LogP contribution in [0.15, 0.2) is 24.3 Å². The lowest BCUT2D eigenvalue weighted by Crippen LogP contribution is -2.57. The number of hydrogen-bond donors (Lipinski definition) is 1. The van der Waals surface area contributed by atoms with E-state index in [0.717, 1.165) is 31.6 Å². The Morgan fingerprint density at radius 1 is 1.40 bits per heavy atom. The van der Waals surface area contributed by atoms with Gasteiger partial charge in [-0.05, 0) is 30.0 Å². The van der Waals surface area contributed by atoms with Gasteiger partial charge in [-0.3, -0.25) is 4.90 Å². The smallest absolute Gasteiger partial charge is 0.123 e. The summed E-state index contributed by atoms with van der Waals surface area (Å²) in [7, 11) is 0. The summed E-state index contributed by atoms with van der Waals surface area (Å²) in [6.07, 6.45) is 2.33. The molecular weight excluding hydrogens is 251 g/mol. The molecule has 3 atom stereocenters. The van der Waals surface area contributed by atoms with E-state index in [0.29, 0.717) is 18.0 Å². The largest absolute Gasteiger partial charge is 0.311 e. The predicted molar refractivity (Wildman–Crippen MR) is 82.1 cm³/mol. The summed E-state index contributed by atoms with van der Waals surface area (Å²) in [5.41, 5.74) is 1.08. The number of benzene rings is 1. The molecule has 1 fully saturated rings. The molecule has 0 aromatic heterocycles. The fraction of sp³-hybridized carbons (Fsp3) is 0.647. The minimum atomic E-state index is -0.134. The molecule has 0 bridgehead atoms. The monoisotopic (exact) mass is 278 g/mol. The summed E-state index contributed by atoms with van der Waals surface area (Å²) in [6, 6.07) is 8.12. The van der Waals surface area contributed by atoms with E-state index in [2.05, 4.69) is 31.0 Å². The van der Waals surface area contributed by atoms with E-state index < -0.39 is 0 Å². The zero-order chi connectivity index (χ0) is 14.5. The first-order valence-electron chi connectivity index (χ1n) is 7.85. The first-order valence-corrected chi connectivity index (χ1v) is 7.85. The third-order valence-corrected chi connectivity index (χ3v) is 4.61. The van der Waals surface area contributed by atoms with Crippen molar-refractivity contribution in [3.05, 3.63) is 35.6 Å². The van der Waals surface area contributed by atoms with Crippen molar-refractivity contribution in [2.75, 3.05) is 13.1 Å². The Kier molecular flexibility index (Phi) is 5.55. The highest BCUT2D eigenvalue weighted by Gasteiger charge is 2.30. The van der Waals surface area contributed by atoms with Gasteiger partial charge in [0.05, 0.1) is 0 Å². The van der Waals surface area contributed by atoms with Crippen LogP contribution in [0.5, 0.6) is 0 Å². The van der Waals surface area contributed by atoms with Crippen molar-refractivity contribution in [3.8, 4) is 0 Å². The van der Waals surface area contributed by atoms with Gasteiger partial charge in [-0.1, -0.05) is 39.3 Å². The third kappa shape index (κ3) is 3.80. The van der Waals surface area contributed by atoms with E-state index in [-0.39, 0.29) is 5.82 Å². The molecule has 0 spiro atoms. The number of hydrogen-bond acceptors (Lipinski definition) is 2. The van der Waals surface area contributed by atoms with Gasteiger partial charge in [-0.15, -0.1) is 0 Å². The van der Waals surface area contributed by atoms with Crippen LogP contribution in [0.2, 0.25) is 0 Å². The van der Waals surface area contributed by atoms with Gasteiger partial charge in [-0.2, -0.15) is 0 Å². The van der Waals surface area contributed by atoms with Crippen LogP contribution in [0.25, 0.3) is 0 Å². The summed E-state index contributed by atoms with van der Waals surface area (Å²) in [5.74, 6) is 0.527. The Bertz CT molecular complexity index is 421. The molecule has 0 saturated carbocycles. The first-order chi connectivity index (χ1) is 9.63. The molecule has 1 heterocycles. The zero-order valence-corrected chi connectivity index (χ0v) is 12.9. The molecule has 1 saturated heterocycles. The lowest BCUT2D eigenvalue weighted by atomic mass is 9.93. The molecule has 0 amide bonds. The maximum atomic E-state index is 13.4. The van der Waals surface area contributed by atoms with Crippen molar-refractivity contribution in [2.24, 2.45) is 5.92 Å². The highest BCUT2D eigenvalue weighted by atomic mass is 19.1. The number of rotatable bonds is 5. The van der Waals surface area contributed by atoms with Gasteiger partial charge >= 0.3 is 0 Å². The van der Waals surface area contributed by atoms with Crippen LogP contribution < -0.4 is 5.32 Å². The fourth-order valence-electron chi connectivity index (χ4n) is 3.06. The Labute approximate surface area is 122 Å². The van der Waals surface area contributed by atoms with Gasteiger partial charge in [-0.25, -0.2) is 4.39 Å². The zero-order valence-electron chi connectivity index (χ0n) is 12.9. The van der Waals surface area contributed by atoms with E-state index in [1.807, 2.05) is 12.1 Å². The van der Waals surface area contributed by atoms with Crippen LogP contribution in [0.4, 0.5) is 4.39 Å². The van der Waals surface area contributed by atoms with Crippen molar-refractivity contribution in [3.63, 3.8) is 0 Å². The van der Waals surface area contributed by atoms with E-state index in [4.69, 9.17) is 0 Å². The van der Waals surface area contributed by atoms with Crippen LogP contribution in [-0.4, -0.2) is 30.1 Å². The lowest BCUT2D eigenvalue weighted by molar-refractivity contribution is 0.0832. The normalized spacial score (nSPS) is 25.6. The van der Waals surface area contributed by atoms with Crippen molar-refractivity contribution < 1.29 is 4.39 Å². The van der Waals surface area contributed by atoms with Crippen LogP contribution in [0, 0.1) is 11.7 Å². The maximum Gasteiger partial charge on any atom is 0.123 e. The predicted octanol–water partition coefficient (Wildman–Crippen LogP) is 3.42. The SMILES string of the molecule is CCC1CN(Cc2cccc(F)c2)C(C(C)CC)CN1. The van der Waals surface area contributed by atoms with Crippen molar-refractivity contribution in [2.45, 2.75) is 52.2 Å². The molecule has 2 rings (SSSR count). The molecule has 1 aliphatic rings. The lowest BCUT2D eigenvalue weighted by Gasteiger charge is -2.43. The van der Waals surface area contributed by atoms with Gasteiger partial charge in [0.2, 0.25) is 0 Å². The average Bonchev–Trinajstić information content (AvgIpc) is 2.46. The van der Waals surface area contributed by atoms with Crippen molar-refractivity contribution in [1.82, 2.24) is 10.2 Å². The van der Waals surface area contributed by atoms with Crippen LogP contribution in [0.3, 0.4) is 0 Å². The summed E-state index contributed by atoms with van der Waals surface area (Å²) < 4.78 is 13.4. The number of halogens is 1. The quantitative estimate of drug-likeness (QED) is 0.888. The summed E-state index contributed by atoms with van der Waals surface area (Å²) >= 11 is 0. The molecule has 2 nitrogen and oxygen atoms in total. The molecule has 1 aliphatic heterocycles. The number of nitrogens with zero attached hydrogens (tertiary/aromatic N) is 1. The molecule has 3 heteroatoms. The Balaban J connectivity index is 2.10. The molecule has 20 heavy (non-hydrogen) atoms. The van der Waals surface area contributed by atoms with Gasteiger partial charge in [0.1, 0.15) is 5.82 Å². The second-order valence-corrected chi connectivity index (χ2v) is 6.03. The van der Waals surface area contributed by atoms with Gasteiger partial charge < -0.3 is 5.32 Å². The molecular formula is C17H27FN2. The van der Waals surface area contributed by atoms with Crippen LogP contribution >= 0.6 is 0 Å². The van der Waals surface area contributed by atoms with Crippen LogP contribution in [0.1, 0.15) is 39.2 Å². The van der Waals surface area contributed by atoms with E-state index in [1.165, 1.54) is 12.5 Å². The third-order valence-electron chi connectivity index (χ3n) is 4.61. The molecule has 1 aromatic carbocycles. The van der Waals surface area contributed by atoms with Crippen molar-refractivity contribution in [1.29, 1.82) is 0 Å². The van der Waals surface area contributed by atoms with Gasteiger partial charge in [0.25, 0.3) is 0 Å². The average molecular weight is 278 g/mol. The van der Waals surface area contributed by atoms with E-state index in [1.54, 1.807) is 6.07 Å². The standard InChI is InChI=1S/C17H27FN2/c1-4-13(3)17-10-19-16(5-2)12-20(17)11-14-7-6-8-15(18)9-14/h6-9,13,16-17,19H,4-5,10-12H2,1-3H3. The first kappa shape index (κ1) is 15.5. The van der Waals surface area contributed by atoms with E-state index in [9.17, 15) is 4.39 Å². The Morgan fingerprint density at radius 3 is 2.85 bits per heavy atom. The second kappa shape index (κ2) is 7.19. The molecule has 112 valence electrons. The highest BCUT2D eigenvalue weighted by Crippen LogP contribution is 2.21. The minimum absolute atomic E-state index is 0.134. The van der Waals surface area contributed by atoms with E-state index >= 15 is 0 Å². The van der Waals surface area contributed by atoms with Crippen LogP contribution in [-0.2, 0) is 6.54 Å². The molecule has 1 aromatic rings. The molecule has 0 aliphatic carbocycles. The maximum absolute atomic E-state index is 13.4. The molecule has 0 radical (unpaired) electrons. The minimum Gasteiger partial charge on any atom is -0.311 e. The molecule has 3 unspecified atom stereocenters. The fourth-order valence-corrected chi connectivity index (χ4v) is 3.06. The molecule has 1 N–H and O–H groups in total. The summed E-state index contributed by atoms with van der Waals surface area (Å²) in [5, 5.41) is 3.65. The Morgan fingerprint density at radius 2 is 2.20 bits per heavy atom. The summed E-state index contributed by atoms with van der Waals surface area (Å²) in [4.78, 5) is 2.54. The van der Waals surface area contributed by atoms with Gasteiger partial charge in [0, 0.05) is 31.7 Å². The number of piperazine rings is 1. The Hall–Kier alpha value is -0.930. The van der Waals surface area contributed by atoms with Gasteiger partial charge in [0.15, 0.2) is 0 Å². The van der Waals surface area contributed by atoms with Crippen molar-refractivity contribution >= 4 is 0 Å². The topological polar surface area (TPSA) is 15.3 Å². The highest BCUT2D eigenvalue weighted by molar-refractivity contribution is 5.16. The summed E-state index contributed by atoms with van der Waals surface area (Å²) in [6.45, 7) is 9.74.